The molecule has 1 aliphatic carbocycles. The van der Waals surface area contributed by atoms with Crippen molar-refractivity contribution >= 4 is 34.1 Å². The maximum atomic E-state index is 12.6. The van der Waals surface area contributed by atoms with Crippen LogP contribution in [0.25, 0.3) is 0 Å². The molecule has 0 aromatic carbocycles. The minimum atomic E-state index is -1.15. The molecule has 1 N–H and O–H groups in total. The van der Waals surface area contributed by atoms with Gasteiger partial charge in [0, 0.05) is 25.0 Å². The molecule has 0 saturated heterocycles. The SMILES string of the molecule is CN(C(=O)O)c1nc2c(s1)C(=O)C(C(=O)c1cccnc1)CC2. The molecule has 0 radical (unpaired) electrons. The van der Waals surface area contributed by atoms with Crippen LogP contribution in [0.4, 0.5) is 9.93 Å². The van der Waals surface area contributed by atoms with Gasteiger partial charge in [-0.05, 0) is 25.0 Å². The van der Waals surface area contributed by atoms with Crippen molar-refractivity contribution in [2.75, 3.05) is 11.9 Å². The average Bonchev–Trinajstić information content (AvgIpc) is 2.99. The molecule has 0 saturated carbocycles. The first-order valence-electron chi connectivity index (χ1n) is 6.94. The van der Waals surface area contributed by atoms with Crippen LogP contribution in [0.3, 0.4) is 0 Å². The molecule has 1 atom stereocenters. The Morgan fingerprint density at radius 3 is 2.87 bits per heavy atom. The standard InChI is InChI=1S/C15H13N3O4S/c1-18(15(21)22)14-17-10-5-4-9(12(20)13(10)23-14)11(19)8-3-2-6-16-7-8/h2-3,6-7,9H,4-5H2,1H3,(H,21,22). The van der Waals surface area contributed by atoms with E-state index in [-0.39, 0.29) is 16.7 Å². The molecule has 2 aromatic heterocycles. The summed E-state index contributed by atoms with van der Waals surface area (Å²) in [7, 11) is 1.37. The van der Waals surface area contributed by atoms with Crippen molar-refractivity contribution in [1.29, 1.82) is 0 Å². The first-order valence-corrected chi connectivity index (χ1v) is 7.75. The predicted molar refractivity (Wildman–Crippen MR) is 83.3 cm³/mol. The Balaban J connectivity index is 1.89. The van der Waals surface area contributed by atoms with Crippen LogP contribution in [-0.4, -0.2) is 39.8 Å². The van der Waals surface area contributed by atoms with Gasteiger partial charge < -0.3 is 5.11 Å². The van der Waals surface area contributed by atoms with Gasteiger partial charge >= 0.3 is 6.09 Å². The lowest BCUT2D eigenvalue weighted by Gasteiger charge is -2.18. The number of thiazole rings is 1. The summed E-state index contributed by atoms with van der Waals surface area (Å²) in [6, 6.07) is 3.28. The molecule has 3 rings (SSSR count). The van der Waals surface area contributed by atoms with Crippen molar-refractivity contribution in [2.45, 2.75) is 12.8 Å². The number of carbonyl (C=O) groups is 3. The number of fused-ring (bicyclic) bond motifs is 1. The molecule has 2 aromatic rings. The third-order valence-electron chi connectivity index (χ3n) is 3.73. The minimum Gasteiger partial charge on any atom is -0.465 e. The highest BCUT2D eigenvalue weighted by Crippen LogP contribution is 2.34. The number of Topliss-reactive ketones (excluding diaryl/α,β-unsaturated/α-hetero) is 2. The maximum Gasteiger partial charge on any atom is 0.413 e. The van der Waals surface area contributed by atoms with Gasteiger partial charge in [-0.3, -0.25) is 19.5 Å². The van der Waals surface area contributed by atoms with Crippen molar-refractivity contribution in [3.05, 3.63) is 40.7 Å². The van der Waals surface area contributed by atoms with Crippen LogP contribution in [0.5, 0.6) is 0 Å². The molecule has 1 unspecified atom stereocenters. The van der Waals surface area contributed by atoms with E-state index < -0.39 is 12.0 Å². The van der Waals surface area contributed by atoms with Gasteiger partial charge in [-0.25, -0.2) is 9.78 Å². The van der Waals surface area contributed by atoms with Gasteiger partial charge in [0.2, 0.25) is 0 Å². The van der Waals surface area contributed by atoms with E-state index in [0.29, 0.717) is 29.0 Å². The van der Waals surface area contributed by atoms with E-state index in [1.807, 2.05) is 0 Å². The first-order chi connectivity index (χ1) is 11.0. The Bertz CT molecular complexity index is 787. The van der Waals surface area contributed by atoms with Gasteiger partial charge in [0.05, 0.1) is 16.5 Å². The minimum absolute atomic E-state index is 0.241. The highest BCUT2D eigenvalue weighted by atomic mass is 32.1. The number of hydrogen-bond donors (Lipinski definition) is 1. The highest BCUT2D eigenvalue weighted by molar-refractivity contribution is 7.17. The monoisotopic (exact) mass is 331 g/mol. The number of amides is 1. The van der Waals surface area contributed by atoms with Crippen LogP contribution >= 0.6 is 11.3 Å². The number of aryl methyl sites for hydroxylation is 1. The number of carbonyl (C=O) groups excluding carboxylic acids is 2. The van der Waals surface area contributed by atoms with Crippen LogP contribution in [0.2, 0.25) is 0 Å². The molecule has 23 heavy (non-hydrogen) atoms. The summed E-state index contributed by atoms with van der Waals surface area (Å²) < 4.78 is 0. The zero-order valence-corrected chi connectivity index (χ0v) is 13.0. The van der Waals surface area contributed by atoms with E-state index in [0.717, 1.165) is 16.2 Å². The zero-order valence-electron chi connectivity index (χ0n) is 12.2. The number of nitrogens with zero attached hydrogens (tertiary/aromatic N) is 3. The summed E-state index contributed by atoms with van der Waals surface area (Å²) in [6.07, 6.45) is 2.71. The molecule has 7 nitrogen and oxygen atoms in total. The lowest BCUT2D eigenvalue weighted by molar-refractivity contribution is 0.0792. The lowest BCUT2D eigenvalue weighted by Crippen LogP contribution is -2.28. The fraction of sp³-hybridized carbons (Fsp3) is 0.267. The van der Waals surface area contributed by atoms with E-state index in [2.05, 4.69) is 9.97 Å². The van der Waals surface area contributed by atoms with E-state index in [4.69, 9.17) is 5.11 Å². The second kappa shape index (κ2) is 5.88. The van der Waals surface area contributed by atoms with Crippen molar-refractivity contribution in [3.63, 3.8) is 0 Å². The van der Waals surface area contributed by atoms with Crippen LogP contribution in [-0.2, 0) is 6.42 Å². The van der Waals surface area contributed by atoms with E-state index in [1.54, 1.807) is 18.3 Å². The summed E-state index contributed by atoms with van der Waals surface area (Å²) in [5.74, 6) is -1.30. The summed E-state index contributed by atoms with van der Waals surface area (Å²) in [4.78, 5) is 45.5. The van der Waals surface area contributed by atoms with Crippen LogP contribution in [0.15, 0.2) is 24.5 Å². The summed E-state index contributed by atoms with van der Waals surface area (Å²) in [5, 5.41) is 9.24. The Kier molecular flexibility index (Phi) is 3.91. The number of aromatic nitrogens is 2. The molecule has 0 spiro atoms. The van der Waals surface area contributed by atoms with Crippen LogP contribution < -0.4 is 4.90 Å². The zero-order chi connectivity index (χ0) is 16.6. The average molecular weight is 331 g/mol. The fourth-order valence-electron chi connectivity index (χ4n) is 2.46. The second-order valence-corrected chi connectivity index (χ2v) is 6.15. The number of carboxylic acid groups (broad SMARTS) is 1. The second-order valence-electron chi connectivity index (χ2n) is 5.18. The van der Waals surface area contributed by atoms with E-state index in [1.165, 1.54) is 13.2 Å². The smallest absolute Gasteiger partial charge is 0.413 e. The van der Waals surface area contributed by atoms with Gasteiger partial charge in [0.25, 0.3) is 0 Å². The number of anilines is 1. The maximum absolute atomic E-state index is 12.6. The molecule has 118 valence electrons. The molecule has 0 bridgehead atoms. The molecular weight excluding hydrogens is 318 g/mol. The summed E-state index contributed by atoms with van der Waals surface area (Å²) in [5.41, 5.74) is 0.972. The van der Waals surface area contributed by atoms with Crippen molar-refractivity contribution < 1.29 is 19.5 Å². The van der Waals surface area contributed by atoms with Gasteiger partial charge in [-0.1, -0.05) is 11.3 Å². The fourth-order valence-corrected chi connectivity index (χ4v) is 3.52. The quantitative estimate of drug-likeness (QED) is 0.684. The number of hydrogen-bond acceptors (Lipinski definition) is 6. The molecule has 1 amide bonds. The van der Waals surface area contributed by atoms with Crippen molar-refractivity contribution in [1.82, 2.24) is 9.97 Å². The predicted octanol–water partition coefficient (Wildman–Crippen LogP) is 2.28. The Labute approximate surface area is 135 Å². The largest absolute Gasteiger partial charge is 0.465 e. The van der Waals surface area contributed by atoms with E-state index >= 15 is 0 Å². The normalized spacial score (nSPS) is 16.7. The van der Waals surface area contributed by atoms with Crippen molar-refractivity contribution in [3.8, 4) is 0 Å². The number of rotatable bonds is 3. The molecule has 1 aliphatic rings. The Morgan fingerprint density at radius 1 is 1.43 bits per heavy atom. The summed E-state index contributed by atoms with van der Waals surface area (Å²) >= 11 is 1.01. The third kappa shape index (κ3) is 2.72. The topological polar surface area (TPSA) is 100 Å². The lowest BCUT2D eigenvalue weighted by atomic mass is 9.84. The first kappa shape index (κ1) is 15.3. The Morgan fingerprint density at radius 2 is 2.22 bits per heavy atom. The molecule has 2 heterocycles. The van der Waals surface area contributed by atoms with Gasteiger partial charge in [-0.2, -0.15) is 0 Å². The van der Waals surface area contributed by atoms with Gasteiger partial charge in [-0.15, -0.1) is 0 Å². The van der Waals surface area contributed by atoms with Crippen molar-refractivity contribution in [2.24, 2.45) is 5.92 Å². The third-order valence-corrected chi connectivity index (χ3v) is 4.92. The van der Waals surface area contributed by atoms with Crippen LogP contribution in [0, 0.1) is 5.92 Å². The number of ketones is 2. The summed E-state index contributed by atoms with van der Waals surface area (Å²) in [6.45, 7) is 0. The molecule has 0 aliphatic heterocycles. The van der Waals surface area contributed by atoms with Gasteiger partial charge in [0.15, 0.2) is 16.7 Å². The molecular formula is C15H13N3O4S. The molecule has 8 heteroatoms. The van der Waals surface area contributed by atoms with E-state index in [9.17, 15) is 14.4 Å². The highest BCUT2D eigenvalue weighted by Gasteiger charge is 2.36. The Hall–Kier alpha value is -2.61. The molecule has 0 fully saturated rings. The number of pyridine rings is 1. The van der Waals surface area contributed by atoms with Gasteiger partial charge in [0.1, 0.15) is 0 Å². The van der Waals surface area contributed by atoms with Crippen LogP contribution in [0.1, 0.15) is 32.1 Å².